The normalized spacial score (nSPS) is 10.4. The number of carbonyl (C=O) groups excluding carboxylic acids is 1. The fourth-order valence-electron chi connectivity index (χ4n) is 1.52. The molecule has 0 spiro atoms. The van der Waals surface area contributed by atoms with Crippen molar-refractivity contribution in [3.8, 4) is 5.75 Å². The van der Waals surface area contributed by atoms with E-state index in [4.69, 9.17) is 10.5 Å². The summed E-state index contributed by atoms with van der Waals surface area (Å²) in [5.74, 6) is -0.849. The summed E-state index contributed by atoms with van der Waals surface area (Å²) in [5, 5.41) is 0.354. The molecule has 1 aromatic carbocycles. The number of rotatable bonds is 2. The molecule has 0 bridgehead atoms. The number of benzene rings is 1. The number of methoxy groups -OCH3 is 1. The zero-order chi connectivity index (χ0) is 11.7. The number of carbonyl (C=O) groups is 1. The van der Waals surface area contributed by atoms with E-state index in [0.29, 0.717) is 11.1 Å². The van der Waals surface area contributed by atoms with Gasteiger partial charge in [-0.05, 0) is 12.1 Å². The minimum Gasteiger partial charge on any atom is -0.497 e. The average molecular weight is 220 g/mol. The van der Waals surface area contributed by atoms with Crippen LogP contribution in [0.3, 0.4) is 0 Å². The van der Waals surface area contributed by atoms with E-state index in [-0.39, 0.29) is 11.1 Å². The Hall–Kier alpha value is -2.17. The lowest BCUT2D eigenvalue weighted by Gasteiger charge is -2.06. The fraction of sp³-hybridized carbons (Fsp3) is 0.0909. The Morgan fingerprint density at radius 2 is 2.25 bits per heavy atom. The van der Waals surface area contributed by atoms with Gasteiger partial charge in [-0.2, -0.15) is 0 Å². The summed E-state index contributed by atoms with van der Waals surface area (Å²) in [4.78, 5) is 15.0. The van der Waals surface area contributed by atoms with E-state index in [9.17, 15) is 9.18 Å². The summed E-state index contributed by atoms with van der Waals surface area (Å²) in [6.07, 6.45) is 1.35. The largest absolute Gasteiger partial charge is 0.497 e. The van der Waals surface area contributed by atoms with Crippen molar-refractivity contribution in [2.45, 2.75) is 0 Å². The topological polar surface area (TPSA) is 65.2 Å². The van der Waals surface area contributed by atoms with Crippen molar-refractivity contribution >= 4 is 16.8 Å². The van der Waals surface area contributed by atoms with Gasteiger partial charge in [-0.1, -0.05) is 0 Å². The van der Waals surface area contributed by atoms with Gasteiger partial charge >= 0.3 is 0 Å². The second-order valence-corrected chi connectivity index (χ2v) is 3.23. The maximum Gasteiger partial charge on any atom is 0.249 e. The van der Waals surface area contributed by atoms with Gasteiger partial charge in [0.1, 0.15) is 11.3 Å². The average Bonchev–Trinajstić information content (AvgIpc) is 2.28. The molecule has 0 atom stereocenters. The van der Waals surface area contributed by atoms with Gasteiger partial charge < -0.3 is 10.5 Å². The Morgan fingerprint density at radius 3 is 2.88 bits per heavy atom. The molecule has 82 valence electrons. The Bertz CT molecular complexity index is 569. The van der Waals surface area contributed by atoms with Gasteiger partial charge in [-0.15, -0.1) is 0 Å². The summed E-state index contributed by atoms with van der Waals surface area (Å²) in [5.41, 5.74) is 5.52. The highest BCUT2D eigenvalue weighted by Gasteiger charge is 2.12. The summed E-state index contributed by atoms with van der Waals surface area (Å²) in [6, 6.07) is 4.19. The zero-order valence-electron chi connectivity index (χ0n) is 8.53. The molecular weight excluding hydrogens is 211 g/mol. The third-order valence-corrected chi connectivity index (χ3v) is 2.27. The second kappa shape index (κ2) is 3.77. The van der Waals surface area contributed by atoms with Crippen LogP contribution in [-0.4, -0.2) is 18.0 Å². The number of hydrogen-bond donors (Lipinski definition) is 1. The molecule has 0 radical (unpaired) electrons. The molecule has 0 saturated heterocycles. The monoisotopic (exact) mass is 220 g/mol. The molecule has 0 aliphatic heterocycles. The van der Waals surface area contributed by atoms with Crippen LogP contribution in [0.25, 0.3) is 10.9 Å². The molecule has 0 fully saturated rings. The third kappa shape index (κ3) is 1.56. The van der Waals surface area contributed by atoms with Crippen molar-refractivity contribution in [2.24, 2.45) is 5.73 Å². The van der Waals surface area contributed by atoms with Gasteiger partial charge in [-0.25, -0.2) is 4.39 Å². The molecule has 2 aromatic rings. The highest BCUT2D eigenvalue weighted by Crippen LogP contribution is 2.25. The van der Waals surface area contributed by atoms with Gasteiger partial charge in [0.05, 0.1) is 12.7 Å². The standard InChI is InChI=1S/C11H9FN2O2/c1-16-6-4-8-7(11(13)15)2-3-14-10(8)9(12)5-6/h2-5H,1H3,(H2,13,15). The van der Waals surface area contributed by atoms with Crippen LogP contribution in [0, 0.1) is 5.82 Å². The van der Waals surface area contributed by atoms with Gasteiger partial charge in [0, 0.05) is 17.6 Å². The van der Waals surface area contributed by atoms with Crippen molar-refractivity contribution in [3.05, 3.63) is 35.8 Å². The lowest BCUT2D eigenvalue weighted by Crippen LogP contribution is -2.11. The van der Waals surface area contributed by atoms with E-state index < -0.39 is 11.7 Å². The quantitative estimate of drug-likeness (QED) is 0.833. The molecule has 1 amide bonds. The summed E-state index contributed by atoms with van der Waals surface area (Å²) in [6.45, 7) is 0. The molecule has 1 heterocycles. The van der Waals surface area contributed by atoms with E-state index in [1.165, 1.54) is 31.5 Å². The maximum atomic E-state index is 13.6. The Morgan fingerprint density at radius 1 is 1.50 bits per heavy atom. The molecule has 16 heavy (non-hydrogen) atoms. The van der Waals surface area contributed by atoms with Crippen molar-refractivity contribution in [3.63, 3.8) is 0 Å². The molecule has 1 aromatic heterocycles. The molecular formula is C11H9FN2O2. The summed E-state index contributed by atoms with van der Waals surface area (Å²) >= 11 is 0. The SMILES string of the molecule is COc1cc(F)c2nccc(C(N)=O)c2c1. The fourth-order valence-corrected chi connectivity index (χ4v) is 1.52. The molecule has 2 N–H and O–H groups in total. The Kier molecular flexibility index (Phi) is 2.44. The number of nitrogens with two attached hydrogens (primary N) is 1. The number of nitrogens with zero attached hydrogens (tertiary/aromatic N) is 1. The van der Waals surface area contributed by atoms with Crippen molar-refractivity contribution < 1.29 is 13.9 Å². The molecule has 5 heteroatoms. The predicted molar refractivity (Wildman–Crippen MR) is 56.8 cm³/mol. The first kappa shape index (κ1) is 10.4. The van der Waals surface area contributed by atoms with Gasteiger partial charge in [0.2, 0.25) is 5.91 Å². The molecule has 4 nitrogen and oxygen atoms in total. The molecule has 0 unspecified atom stereocenters. The lowest BCUT2D eigenvalue weighted by atomic mass is 10.1. The maximum absolute atomic E-state index is 13.6. The predicted octanol–water partition coefficient (Wildman–Crippen LogP) is 1.48. The van der Waals surface area contributed by atoms with Gasteiger partial charge in [0.15, 0.2) is 5.82 Å². The lowest BCUT2D eigenvalue weighted by molar-refractivity contribution is 0.100. The minimum atomic E-state index is -0.625. The molecule has 0 aliphatic carbocycles. The summed E-state index contributed by atoms with van der Waals surface area (Å²) < 4.78 is 18.5. The molecule has 2 rings (SSSR count). The third-order valence-electron chi connectivity index (χ3n) is 2.27. The van der Waals surface area contributed by atoms with Crippen molar-refractivity contribution in [1.82, 2.24) is 4.98 Å². The van der Waals surface area contributed by atoms with E-state index in [2.05, 4.69) is 4.98 Å². The highest BCUT2D eigenvalue weighted by atomic mass is 19.1. The Labute approximate surface area is 90.8 Å². The summed E-state index contributed by atoms with van der Waals surface area (Å²) in [7, 11) is 1.42. The zero-order valence-corrected chi connectivity index (χ0v) is 8.53. The molecule has 0 saturated carbocycles. The Balaban J connectivity index is 2.85. The van der Waals surface area contributed by atoms with E-state index in [1.54, 1.807) is 0 Å². The number of ether oxygens (including phenoxy) is 1. The van der Waals surface area contributed by atoms with Crippen LogP contribution in [0.5, 0.6) is 5.75 Å². The van der Waals surface area contributed by atoms with Crippen molar-refractivity contribution in [1.29, 1.82) is 0 Å². The number of amides is 1. The number of fused-ring (bicyclic) bond motifs is 1. The van der Waals surface area contributed by atoms with Gasteiger partial charge in [0.25, 0.3) is 0 Å². The van der Waals surface area contributed by atoms with E-state index >= 15 is 0 Å². The van der Waals surface area contributed by atoms with Crippen LogP contribution in [0.2, 0.25) is 0 Å². The van der Waals surface area contributed by atoms with Crippen LogP contribution in [-0.2, 0) is 0 Å². The van der Waals surface area contributed by atoms with Crippen molar-refractivity contribution in [2.75, 3.05) is 7.11 Å². The van der Waals surface area contributed by atoms with E-state index in [1.807, 2.05) is 0 Å². The number of hydrogen-bond acceptors (Lipinski definition) is 3. The highest BCUT2D eigenvalue weighted by molar-refractivity contribution is 6.05. The first-order chi connectivity index (χ1) is 7.63. The van der Waals surface area contributed by atoms with Crippen LogP contribution in [0.4, 0.5) is 4.39 Å². The smallest absolute Gasteiger partial charge is 0.249 e. The van der Waals surface area contributed by atoms with Crippen LogP contribution >= 0.6 is 0 Å². The number of aromatic nitrogens is 1. The van der Waals surface area contributed by atoms with Crippen LogP contribution < -0.4 is 10.5 Å². The second-order valence-electron chi connectivity index (χ2n) is 3.23. The molecule has 0 aliphatic rings. The van der Waals surface area contributed by atoms with Crippen LogP contribution in [0.15, 0.2) is 24.4 Å². The minimum absolute atomic E-state index is 0.108. The van der Waals surface area contributed by atoms with E-state index in [0.717, 1.165) is 0 Å². The van der Waals surface area contributed by atoms with Gasteiger partial charge in [-0.3, -0.25) is 9.78 Å². The number of halogens is 1. The first-order valence-corrected chi connectivity index (χ1v) is 4.55. The number of primary amides is 1. The first-order valence-electron chi connectivity index (χ1n) is 4.55. The number of pyridine rings is 1. The van der Waals surface area contributed by atoms with Crippen LogP contribution in [0.1, 0.15) is 10.4 Å².